The Labute approximate surface area is 222 Å². The topological polar surface area (TPSA) is 66.4 Å². The van der Waals surface area contributed by atoms with Crippen molar-refractivity contribution < 1.29 is 28.8 Å². The number of hydrogen-bond donors (Lipinski definition) is 1. The number of ether oxygens (including phenoxy) is 5. The van der Waals surface area contributed by atoms with Crippen LogP contribution in [-0.4, -0.2) is 40.8 Å². The molecule has 0 saturated heterocycles. The fraction of sp³-hybridized carbons (Fsp3) is 0.429. The summed E-state index contributed by atoms with van der Waals surface area (Å²) in [5, 5.41) is 11.1. The molecule has 2 heterocycles. The molecule has 2 aromatic rings. The van der Waals surface area contributed by atoms with Crippen molar-refractivity contribution in [3.05, 3.63) is 41.5 Å². The molecule has 0 saturated carbocycles. The summed E-state index contributed by atoms with van der Waals surface area (Å²) in [6, 6.07) is 9.24. The second kappa shape index (κ2) is 12.7. The van der Waals surface area contributed by atoms with Crippen LogP contribution in [0.15, 0.2) is 30.3 Å². The van der Waals surface area contributed by atoms with Crippen molar-refractivity contribution in [2.24, 2.45) is 0 Å². The van der Waals surface area contributed by atoms with Crippen LogP contribution >= 0.6 is 69.6 Å². The molecule has 0 radical (unpaired) electrons. The van der Waals surface area contributed by atoms with Gasteiger partial charge in [0.1, 0.15) is 5.75 Å². The van der Waals surface area contributed by atoms with Gasteiger partial charge in [-0.05, 0) is 30.2 Å². The van der Waals surface area contributed by atoms with E-state index in [-0.39, 0.29) is 0 Å². The lowest BCUT2D eigenvalue weighted by Gasteiger charge is -2.37. The molecule has 12 heteroatoms. The van der Waals surface area contributed by atoms with Crippen LogP contribution in [0.1, 0.15) is 23.7 Å². The number of fused-ring (bicyclic) bond motifs is 2. The summed E-state index contributed by atoms with van der Waals surface area (Å²) in [4.78, 5) is 0. The van der Waals surface area contributed by atoms with E-state index in [0.29, 0.717) is 47.2 Å². The summed E-state index contributed by atoms with van der Waals surface area (Å²) < 4.78 is 27.0. The predicted molar refractivity (Wildman–Crippen MR) is 133 cm³/mol. The van der Waals surface area contributed by atoms with Crippen molar-refractivity contribution in [1.82, 2.24) is 0 Å². The Morgan fingerprint density at radius 3 is 1.85 bits per heavy atom. The Bertz CT molecular complexity index is 903. The van der Waals surface area contributed by atoms with Gasteiger partial charge < -0.3 is 28.8 Å². The number of benzene rings is 2. The Morgan fingerprint density at radius 2 is 1.30 bits per heavy atom. The van der Waals surface area contributed by atoms with Crippen LogP contribution in [0, 0.1) is 0 Å². The smallest absolute Gasteiger partial charge is 0.282 e. The van der Waals surface area contributed by atoms with Gasteiger partial charge in [0, 0.05) is 6.42 Å². The van der Waals surface area contributed by atoms with E-state index < -0.39 is 20.5 Å². The molecule has 2 aliphatic rings. The third kappa shape index (κ3) is 6.85. The van der Waals surface area contributed by atoms with Crippen LogP contribution in [-0.2, 0) is 6.42 Å². The Morgan fingerprint density at radius 1 is 0.818 bits per heavy atom. The highest BCUT2D eigenvalue weighted by Crippen LogP contribution is 2.56. The second-order valence-electron chi connectivity index (χ2n) is 6.57. The molecule has 184 valence electrons. The zero-order valence-electron chi connectivity index (χ0n) is 17.8. The molecule has 2 atom stereocenters. The van der Waals surface area contributed by atoms with Crippen LogP contribution in [0.5, 0.6) is 28.7 Å². The Hall–Kier alpha value is -0.860. The van der Waals surface area contributed by atoms with E-state index in [0.717, 1.165) is 5.56 Å². The summed E-state index contributed by atoms with van der Waals surface area (Å²) in [6.07, 6.45) is 0.183. The van der Waals surface area contributed by atoms with Crippen LogP contribution in [0.4, 0.5) is 0 Å². The molecule has 4 rings (SSSR count). The SMILES string of the molecule is COc1cccc2c1O[C@]1(CC2)Oc2c(OC)ccc(OC)c2[C@H]1O.ClC(Cl)Cl.ClC(Cl)Cl. The van der Waals surface area contributed by atoms with Crippen molar-refractivity contribution >= 4 is 69.6 Å². The molecule has 6 nitrogen and oxygen atoms in total. The van der Waals surface area contributed by atoms with Crippen LogP contribution in [0.3, 0.4) is 0 Å². The van der Waals surface area contributed by atoms with Gasteiger partial charge in [0.05, 0.1) is 26.9 Å². The first-order chi connectivity index (χ1) is 15.6. The first kappa shape index (κ1) is 28.4. The van der Waals surface area contributed by atoms with Crippen molar-refractivity contribution in [3.8, 4) is 28.7 Å². The highest BCUT2D eigenvalue weighted by Gasteiger charge is 2.55. The maximum atomic E-state index is 11.1. The lowest BCUT2D eigenvalue weighted by molar-refractivity contribution is -0.180. The van der Waals surface area contributed by atoms with Crippen LogP contribution in [0.2, 0.25) is 0 Å². The highest BCUT2D eigenvalue weighted by atomic mass is 35.6. The fourth-order valence-electron chi connectivity index (χ4n) is 3.54. The summed E-state index contributed by atoms with van der Waals surface area (Å²) in [6.45, 7) is 0. The van der Waals surface area contributed by atoms with Gasteiger partial charge in [-0.1, -0.05) is 81.7 Å². The van der Waals surface area contributed by atoms with Crippen molar-refractivity contribution in [3.63, 3.8) is 0 Å². The zero-order valence-corrected chi connectivity index (χ0v) is 22.3. The number of aliphatic hydroxyl groups excluding tert-OH is 1. The van der Waals surface area contributed by atoms with Gasteiger partial charge >= 0.3 is 0 Å². The number of halogens is 6. The van der Waals surface area contributed by atoms with E-state index in [4.69, 9.17) is 93.3 Å². The van der Waals surface area contributed by atoms with Gasteiger partial charge in [-0.2, -0.15) is 0 Å². The number of hydrogen-bond acceptors (Lipinski definition) is 6. The van der Waals surface area contributed by atoms with Crippen molar-refractivity contribution in [2.75, 3.05) is 21.3 Å². The summed E-state index contributed by atoms with van der Waals surface area (Å²) in [7, 11) is 4.70. The van der Waals surface area contributed by atoms with Crippen LogP contribution in [0.25, 0.3) is 0 Å². The zero-order chi connectivity index (χ0) is 24.8. The Kier molecular flexibility index (Phi) is 10.9. The maximum Gasteiger partial charge on any atom is 0.282 e. The largest absolute Gasteiger partial charge is 0.496 e. The molecular formula is C21H22Cl6O6. The summed E-state index contributed by atoms with van der Waals surface area (Å²) in [5.74, 6) is 1.50. The van der Waals surface area contributed by atoms with Gasteiger partial charge in [0.15, 0.2) is 37.7 Å². The Balaban J connectivity index is 0.000000420. The van der Waals surface area contributed by atoms with Crippen molar-refractivity contribution in [1.29, 1.82) is 0 Å². The van der Waals surface area contributed by atoms with Gasteiger partial charge in [0.25, 0.3) is 5.79 Å². The van der Waals surface area contributed by atoms with Crippen molar-refractivity contribution in [2.45, 2.75) is 33.3 Å². The number of methoxy groups -OCH3 is 3. The van der Waals surface area contributed by atoms with Gasteiger partial charge in [-0.3, -0.25) is 0 Å². The molecule has 2 aliphatic heterocycles. The number of alkyl halides is 6. The number of aliphatic hydroxyl groups is 1. The van der Waals surface area contributed by atoms with Gasteiger partial charge in [0.2, 0.25) is 0 Å². The van der Waals surface area contributed by atoms with Crippen LogP contribution < -0.4 is 23.7 Å². The number of rotatable bonds is 3. The number of para-hydroxylation sites is 1. The lowest BCUT2D eigenvalue weighted by Crippen LogP contribution is -2.47. The summed E-state index contributed by atoms with van der Waals surface area (Å²) in [5.41, 5.74) is 1.57. The molecular weight excluding hydrogens is 561 g/mol. The van der Waals surface area contributed by atoms with Gasteiger partial charge in [-0.15, -0.1) is 0 Å². The predicted octanol–water partition coefficient (Wildman–Crippen LogP) is 6.83. The average Bonchev–Trinajstić information content (AvgIpc) is 3.04. The minimum Gasteiger partial charge on any atom is -0.496 e. The fourth-order valence-corrected chi connectivity index (χ4v) is 3.54. The molecule has 0 aliphatic carbocycles. The van der Waals surface area contributed by atoms with E-state index >= 15 is 0 Å². The van der Waals surface area contributed by atoms with E-state index in [1.807, 2.05) is 18.2 Å². The molecule has 2 aromatic carbocycles. The molecule has 0 aromatic heterocycles. The molecule has 33 heavy (non-hydrogen) atoms. The minimum absolute atomic E-state index is 0.452. The molecule has 0 fully saturated rings. The summed E-state index contributed by atoms with van der Waals surface area (Å²) >= 11 is 28.8. The molecule has 1 spiro atoms. The third-order valence-electron chi connectivity index (χ3n) is 4.82. The average molecular weight is 583 g/mol. The molecule has 1 N–H and O–H groups in total. The monoisotopic (exact) mass is 580 g/mol. The van der Waals surface area contributed by atoms with Gasteiger partial charge in [-0.25, -0.2) is 0 Å². The highest BCUT2D eigenvalue weighted by molar-refractivity contribution is 6.63. The van der Waals surface area contributed by atoms with E-state index in [1.165, 1.54) is 0 Å². The third-order valence-corrected chi connectivity index (χ3v) is 4.82. The van der Waals surface area contributed by atoms with E-state index in [9.17, 15) is 5.11 Å². The standard InChI is InChI=1S/C19H20O6.2CHCl3/c1-21-12-7-8-14(23-3)17-15(12)18(20)19(25-17)10-9-11-5-4-6-13(22-2)16(11)24-19;2*2-1(3)4/h4-8,18,20H,9-10H2,1-3H3;2*1H/t18-,19-;;/m1../s1. The number of aryl methyl sites for hydroxylation is 1. The van der Waals surface area contributed by atoms with E-state index in [2.05, 4.69) is 0 Å². The maximum absolute atomic E-state index is 11.1. The normalized spacial score (nSPS) is 19.8. The first-order valence-electron chi connectivity index (χ1n) is 9.41. The second-order valence-corrected chi connectivity index (χ2v) is 10.5. The molecule has 0 unspecified atom stereocenters. The first-order valence-corrected chi connectivity index (χ1v) is 12.0. The lowest BCUT2D eigenvalue weighted by atomic mass is 9.93. The van der Waals surface area contributed by atoms with E-state index in [1.54, 1.807) is 33.5 Å². The minimum atomic E-state index is -1.23. The molecule has 0 bridgehead atoms. The molecule has 0 amide bonds. The quantitative estimate of drug-likeness (QED) is 0.400.